The number of nitrogens with one attached hydrogen (secondary N) is 1. The minimum Gasteiger partial charge on any atom is -0.494 e. The van der Waals surface area contributed by atoms with Gasteiger partial charge in [0.15, 0.2) is 0 Å². The number of likely N-dealkylation sites (tertiary alicyclic amines) is 1. The lowest BCUT2D eigenvalue weighted by Crippen LogP contribution is -2.49. The summed E-state index contributed by atoms with van der Waals surface area (Å²) in [5, 5.41) is 3.35. The van der Waals surface area contributed by atoms with Crippen LogP contribution in [-0.2, 0) is 19.1 Å². The highest BCUT2D eigenvalue weighted by molar-refractivity contribution is 6.07. The van der Waals surface area contributed by atoms with E-state index in [-0.39, 0.29) is 24.3 Å². The molecule has 1 aromatic heterocycles. The molecule has 2 fully saturated rings. The third-order valence-electron chi connectivity index (χ3n) is 7.70. The van der Waals surface area contributed by atoms with Crippen LogP contribution in [0.15, 0.2) is 30.5 Å². The molecule has 2 aliphatic rings. The maximum atomic E-state index is 13.0. The average molecular weight is 595 g/mol. The molecule has 0 radical (unpaired) electrons. The van der Waals surface area contributed by atoms with Crippen molar-refractivity contribution in [3.8, 4) is 5.75 Å². The molecule has 232 valence electrons. The lowest BCUT2D eigenvalue weighted by molar-refractivity contribution is -0.134. The first-order valence-electron chi connectivity index (χ1n) is 15.1. The Bertz CT molecular complexity index is 1280. The molecule has 0 bridgehead atoms. The Kier molecular flexibility index (Phi) is 12.5. The SMILES string of the molecule is [C-]#[N+][C@@H]1CCCN1C(=O)CNC(=O)c1ccnc2ccc(OCCCN3CCN(C(=O)CCOCCOCC)CC3)cc12. The van der Waals surface area contributed by atoms with Gasteiger partial charge in [0.05, 0.1) is 50.5 Å². The number of aromatic nitrogens is 1. The van der Waals surface area contributed by atoms with Gasteiger partial charge in [0.25, 0.3) is 5.91 Å². The monoisotopic (exact) mass is 594 g/mol. The second-order valence-corrected chi connectivity index (χ2v) is 10.5. The van der Waals surface area contributed by atoms with Crippen LogP contribution in [0.2, 0.25) is 0 Å². The van der Waals surface area contributed by atoms with Crippen LogP contribution in [0.3, 0.4) is 0 Å². The Labute approximate surface area is 253 Å². The highest BCUT2D eigenvalue weighted by Gasteiger charge is 2.32. The topological polar surface area (TPSA) is 118 Å². The average Bonchev–Trinajstić information content (AvgIpc) is 3.52. The Morgan fingerprint density at radius 3 is 2.63 bits per heavy atom. The highest BCUT2D eigenvalue weighted by atomic mass is 16.5. The number of fused-ring (bicyclic) bond motifs is 1. The maximum Gasteiger partial charge on any atom is 0.300 e. The molecule has 1 N–H and O–H groups in total. The van der Waals surface area contributed by atoms with Crippen LogP contribution in [0.1, 0.15) is 43.0 Å². The molecular weight excluding hydrogens is 552 g/mol. The molecule has 1 aromatic carbocycles. The van der Waals surface area contributed by atoms with E-state index in [0.717, 1.165) is 32.5 Å². The van der Waals surface area contributed by atoms with E-state index in [1.165, 1.54) is 4.90 Å². The van der Waals surface area contributed by atoms with Gasteiger partial charge in [0.1, 0.15) is 5.75 Å². The van der Waals surface area contributed by atoms with Crippen LogP contribution < -0.4 is 10.1 Å². The molecule has 12 nitrogen and oxygen atoms in total. The van der Waals surface area contributed by atoms with E-state index in [1.54, 1.807) is 18.3 Å². The van der Waals surface area contributed by atoms with Crippen molar-refractivity contribution >= 4 is 28.6 Å². The van der Waals surface area contributed by atoms with Crippen LogP contribution in [0.4, 0.5) is 0 Å². The predicted molar refractivity (Wildman–Crippen MR) is 160 cm³/mol. The van der Waals surface area contributed by atoms with E-state index in [2.05, 4.69) is 20.0 Å². The van der Waals surface area contributed by atoms with E-state index in [4.69, 9.17) is 20.8 Å². The predicted octanol–water partition coefficient (Wildman–Crippen LogP) is 2.19. The summed E-state index contributed by atoms with van der Waals surface area (Å²) in [7, 11) is 0. The van der Waals surface area contributed by atoms with E-state index in [9.17, 15) is 14.4 Å². The first-order chi connectivity index (χ1) is 21.0. The van der Waals surface area contributed by atoms with Crippen LogP contribution in [0, 0.1) is 6.57 Å². The molecule has 2 aromatic rings. The van der Waals surface area contributed by atoms with Crippen molar-refractivity contribution in [2.24, 2.45) is 0 Å². The number of hydrogen-bond acceptors (Lipinski definition) is 8. The Balaban J connectivity index is 1.18. The normalized spacial score (nSPS) is 17.2. The fraction of sp³-hybridized carbons (Fsp3) is 0.581. The van der Waals surface area contributed by atoms with Crippen molar-refractivity contribution in [2.45, 2.75) is 38.8 Å². The molecule has 0 saturated carbocycles. The summed E-state index contributed by atoms with van der Waals surface area (Å²) in [5.41, 5.74) is 1.07. The van der Waals surface area contributed by atoms with Crippen molar-refractivity contribution in [2.75, 3.05) is 78.8 Å². The van der Waals surface area contributed by atoms with E-state index in [0.29, 0.717) is 87.7 Å². The van der Waals surface area contributed by atoms with E-state index < -0.39 is 6.17 Å². The number of benzene rings is 1. The molecule has 2 saturated heterocycles. The first-order valence-corrected chi connectivity index (χ1v) is 15.1. The Hall–Kier alpha value is -3.79. The summed E-state index contributed by atoms with van der Waals surface area (Å²) in [5.74, 6) is 0.149. The summed E-state index contributed by atoms with van der Waals surface area (Å²) in [6, 6.07) is 7.09. The van der Waals surface area contributed by atoms with Gasteiger partial charge in [-0.05, 0) is 44.0 Å². The van der Waals surface area contributed by atoms with E-state index >= 15 is 0 Å². The molecule has 4 rings (SSSR count). The van der Waals surface area contributed by atoms with Crippen LogP contribution in [0.5, 0.6) is 5.75 Å². The molecule has 1 atom stereocenters. The third-order valence-corrected chi connectivity index (χ3v) is 7.70. The molecule has 12 heteroatoms. The first kappa shape index (κ1) is 32.1. The number of pyridine rings is 1. The summed E-state index contributed by atoms with van der Waals surface area (Å²) >= 11 is 0. The molecule has 0 spiro atoms. The zero-order chi connectivity index (χ0) is 30.4. The number of carbonyl (C=O) groups is 3. The molecule has 2 aliphatic heterocycles. The summed E-state index contributed by atoms with van der Waals surface area (Å²) in [4.78, 5) is 51.6. The van der Waals surface area contributed by atoms with Gasteiger partial charge in [-0.1, -0.05) is 0 Å². The fourth-order valence-electron chi connectivity index (χ4n) is 5.32. The third kappa shape index (κ3) is 9.35. The van der Waals surface area contributed by atoms with Crippen LogP contribution in [-0.4, -0.2) is 122 Å². The van der Waals surface area contributed by atoms with Gasteiger partial charge < -0.3 is 24.4 Å². The maximum absolute atomic E-state index is 13.0. The van der Waals surface area contributed by atoms with Crippen molar-refractivity contribution in [3.63, 3.8) is 0 Å². The molecular formula is C31H42N6O6. The van der Waals surface area contributed by atoms with Gasteiger partial charge in [-0.2, -0.15) is 0 Å². The number of piperazine rings is 1. The standard InChI is InChI=1S/C31H42N6O6/c1-3-41-20-21-42-19-10-29(38)36-16-14-35(15-17-36)12-5-18-43-24-7-8-27-26(22-24)25(9-11-33-27)31(40)34-23-30(39)37-13-4-6-28(37)32-2/h7-9,11,22,28H,3-6,10,12-21,23H2,1H3,(H,34,40)/t28-/m0/s1. The number of hydrogen-bond donors (Lipinski definition) is 1. The van der Waals surface area contributed by atoms with Gasteiger partial charge in [0.2, 0.25) is 11.8 Å². The number of nitrogens with zero attached hydrogens (tertiary/aromatic N) is 5. The summed E-state index contributed by atoms with van der Waals surface area (Å²) in [6.07, 6.45) is 3.82. The second kappa shape index (κ2) is 16.7. The van der Waals surface area contributed by atoms with Crippen molar-refractivity contribution < 1.29 is 28.6 Å². The minimum absolute atomic E-state index is 0.130. The number of carbonyl (C=O) groups excluding carboxylic acids is 3. The van der Waals surface area contributed by atoms with Gasteiger partial charge in [-0.3, -0.25) is 34.0 Å². The van der Waals surface area contributed by atoms with E-state index in [1.807, 2.05) is 24.0 Å². The second-order valence-electron chi connectivity index (χ2n) is 10.5. The lowest BCUT2D eigenvalue weighted by Gasteiger charge is -2.34. The van der Waals surface area contributed by atoms with Gasteiger partial charge in [-0.25, -0.2) is 6.57 Å². The van der Waals surface area contributed by atoms with Gasteiger partial charge >= 0.3 is 6.17 Å². The van der Waals surface area contributed by atoms with Gasteiger partial charge in [0, 0.05) is 63.9 Å². The lowest BCUT2D eigenvalue weighted by atomic mass is 10.1. The number of ether oxygens (including phenoxy) is 3. The molecule has 43 heavy (non-hydrogen) atoms. The fourth-order valence-corrected chi connectivity index (χ4v) is 5.32. The van der Waals surface area contributed by atoms with Crippen molar-refractivity contribution in [1.29, 1.82) is 0 Å². The molecule has 3 amide bonds. The number of amides is 3. The Morgan fingerprint density at radius 2 is 1.84 bits per heavy atom. The van der Waals surface area contributed by atoms with Crippen molar-refractivity contribution in [3.05, 3.63) is 47.4 Å². The molecule has 0 unspecified atom stereocenters. The highest BCUT2D eigenvalue weighted by Crippen LogP contribution is 2.23. The zero-order valence-corrected chi connectivity index (χ0v) is 25.0. The smallest absolute Gasteiger partial charge is 0.300 e. The number of rotatable bonds is 15. The Morgan fingerprint density at radius 1 is 1.02 bits per heavy atom. The van der Waals surface area contributed by atoms with Crippen molar-refractivity contribution in [1.82, 2.24) is 25.0 Å². The van der Waals surface area contributed by atoms with Gasteiger partial charge in [-0.15, -0.1) is 0 Å². The molecule has 3 heterocycles. The zero-order valence-electron chi connectivity index (χ0n) is 25.0. The quantitative estimate of drug-likeness (QED) is 0.246. The summed E-state index contributed by atoms with van der Waals surface area (Å²) < 4.78 is 16.7. The summed E-state index contributed by atoms with van der Waals surface area (Å²) in [6.45, 7) is 16.2. The van der Waals surface area contributed by atoms with Crippen LogP contribution >= 0.6 is 0 Å². The largest absolute Gasteiger partial charge is 0.494 e. The molecule has 0 aliphatic carbocycles. The van der Waals surface area contributed by atoms with Crippen LogP contribution in [0.25, 0.3) is 15.7 Å². The minimum atomic E-state index is -0.438.